The Kier molecular flexibility index (Phi) is 3.32. The number of rotatable bonds is 2. The maximum absolute atomic E-state index is 11.1. The van der Waals surface area contributed by atoms with Crippen molar-refractivity contribution >= 4 is 10.8 Å². The van der Waals surface area contributed by atoms with Crippen LogP contribution in [0.5, 0.6) is 0 Å². The van der Waals surface area contributed by atoms with Crippen LogP contribution in [0, 0.1) is 0 Å². The molecule has 0 spiro atoms. The van der Waals surface area contributed by atoms with Crippen molar-refractivity contribution in [3.63, 3.8) is 0 Å². The van der Waals surface area contributed by atoms with E-state index in [0.717, 1.165) is 0 Å². The number of hydrogen-bond acceptors (Lipinski definition) is 1. The van der Waals surface area contributed by atoms with Crippen molar-refractivity contribution in [1.82, 2.24) is 0 Å². The van der Waals surface area contributed by atoms with Gasteiger partial charge in [0.1, 0.15) is 0 Å². The second-order valence-corrected chi connectivity index (χ2v) is 2.51. The zero-order valence-corrected chi connectivity index (χ0v) is 4.43. The van der Waals surface area contributed by atoms with Crippen LogP contribution in [0.3, 0.4) is 0 Å². The molecule has 0 saturated heterocycles. The lowest BCUT2D eigenvalue weighted by atomic mass is 11.0. The standard InChI is InChI=1S/C3H7FOS/c1-2-6(5)3-4/h2-3H2,1H3. The van der Waals surface area contributed by atoms with Crippen LogP contribution in [0.2, 0.25) is 0 Å². The third-order valence-electron chi connectivity index (χ3n) is 0.444. The number of hydrogen-bond donors (Lipinski definition) is 0. The van der Waals surface area contributed by atoms with Crippen molar-refractivity contribution < 1.29 is 8.60 Å². The minimum absolute atomic E-state index is 0.427. The van der Waals surface area contributed by atoms with Crippen molar-refractivity contribution in [2.75, 3.05) is 11.8 Å². The zero-order chi connectivity index (χ0) is 4.99. The monoisotopic (exact) mass is 110 g/mol. The maximum atomic E-state index is 11.1. The van der Waals surface area contributed by atoms with E-state index in [1.807, 2.05) is 0 Å². The summed E-state index contributed by atoms with van der Waals surface area (Å²) >= 11 is 0. The highest BCUT2D eigenvalue weighted by atomic mass is 32.2. The van der Waals surface area contributed by atoms with Gasteiger partial charge in [-0.15, -0.1) is 0 Å². The molecule has 1 nitrogen and oxygen atoms in total. The molecule has 0 rings (SSSR count). The summed E-state index contributed by atoms with van der Waals surface area (Å²) in [6.07, 6.45) is 0. The minimum Gasteiger partial charge on any atom is -0.257 e. The predicted octanol–water partition coefficient (Wildman–Crippen LogP) is 0.682. The quantitative estimate of drug-likeness (QED) is 0.511. The molecular weight excluding hydrogens is 103 g/mol. The van der Waals surface area contributed by atoms with Gasteiger partial charge in [-0.05, 0) is 0 Å². The summed E-state index contributed by atoms with van der Waals surface area (Å²) in [6.45, 7) is 1.69. The van der Waals surface area contributed by atoms with Crippen LogP contribution < -0.4 is 0 Å². The van der Waals surface area contributed by atoms with Gasteiger partial charge in [-0.1, -0.05) is 6.92 Å². The Morgan fingerprint density at radius 3 is 2.33 bits per heavy atom. The van der Waals surface area contributed by atoms with E-state index in [-0.39, 0.29) is 0 Å². The molecule has 0 amide bonds. The normalized spacial score (nSPS) is 14.3. The summed E-state index contributed by atoms with van der Waals surface area (Å²) in [6, 6.07) is -0.698. The van der Waals surface area contributed by atoms with Crippen LogP contribution in [0.4, 0.5) is 4.39 Å². The topological polar surface area (TPSA) is 17.1 Å². The van der Waals surface area contributed by atoms with Crippen molar-refractivity contribution in [3.8, 4) is 0 Å². The first kappa shape index (κ1) is 6.08. The molecule has 0 bridgehead atoms. The largest absolute Gasteiger partial charge is 0.257 e. The van der Waals surface area contributed by atoms with Crippen molar-refractivity contribution in [2.24, 2.45) is 0 Å². The molecule has 0 heterocycles. The number of halogens is 1. The Labute approximate surface area is 39.0 Å². The first-order valence-corrected chi connectivity index (χ1v) is 3.21. The first-order chi connectivity index (χ1) is 2.81. The van der Waals surface area contributed by atoms with Crippen LogP contribution in [0.25, 0.3) is 0 Å². The highest BCUT2D eigenvalue weighted by molar-refractivity contribution is 7.84. The zero-order valence-electron chi connectivity index (χ0n) is 3.61. The van der Waals surface area contributed by atoms with Crippen LogP contribution in [0.1, 0.15) is 6.92 Å². The molecule has 0 fully saturated rings. The summed E-state index contributed by atoms with van der Waals surface area (Å²) in [5.41, 5.74) is 0. The van der Waals surface area contributed by atoms with Gasteiger partial charge in [-0.25, -0.2) is 4.39 Å². The Bertz CT molecular complexity index is 48.8. The Morgan fingerprint density at radius 1 is 1.83 bits per heavy atom. The predicted molar refractivity (Wildman–Crippen MR) is 24.7 cm³/mol. The van der Waals surface area contributed by atoms with Gasteiger partial charge in [0.15, 0.2) is 6.01 Å². The number of alkyl halides is 1. The average molecular weight is 110 g/mol. The summed E-state index contributed by atoms with van der Waals surface area (Å²) in [5, 5.41) is 0. The molecule has 0 aromatic rings. The van der Waals surface area contributed by atoms with Crippen molar-refractivity contribution in [2.45, 2.75) is 6.92 Å². The molecule has 0 aliphatic heterocycles. The summed E-state index contributed by atoms with van der Waals surface area (Å²) in [4.78, 5) is 0. The second kappa shape index (κ2) is 3.28. The molecule has 0 aromatic heterocycles. The fraction of sp³-hybridized carbons (Fsp3) is 1.00. The fourth-order valence-corrected chi connectivity index (χ4v) is 0.231. The molecular formula is C3H7FOS. The van der Waals surface area contributed by atoms with Gasteiger partial charge in [0.05, 0.1) is 10.8 Å². The summed E-state index contributed by atoms with van der Waals surface area (Å²) in [7, 11) is -1.20. The smallest absolute Gasteiger partial charge is 0.164 e. The van der Waals surface area contributed by atoms with Gasteiger partial charge in [0.2, 0.25) is 0 Å². The first-order valence-electron chi connectivity index (χ1n) is 1.72. The lowest BCUT2D eigenvalue weighted by Gasteiger charge is -1.81. The average Bonchev–Trinajstić information content (AvgIpc) is 1.65. The van der Waals surface area contributed by atoms with Gasteiger partial charge >= 0.3 is 0 Å². The second-order valence-electron chi connectivity index (χ2n) is 0.838. The molecule has 0 saturated carbocycles. The lowest BCUT2D eigenvalue weighted by molar-refractivity contribution is 0.581. The van der Waals surface area contributed by atoms with Crippen LogP contribution in [0.15, 0.2) is 0 Å². The fourth-order valence-electron chi connectivity index (χ4n) is 0.0772. The molecule has 0 aliphatic carbocycles. The minimum atomic E-state index is -1.20. The van der Waals surface area contributed by atoms with E-state index in [1.165, 1.54) is 0 Å². The highest BCUT2D eigenvalue weighted by Gasteiger charge is 1.87. The molecule has 38 valence electrons. The maximum Gasteiger partial charge on any atom is 0.164 e. The lowest BCUT2D eigenvalue weighted by Crippen LogP contribution is -1.91. The third kappa shape index (κ3) is 2.33. The Balaban J connectivity index is 2.99. The molecule has 1 unspecified atom stereocenters. The van der Waals surface area contributed by atoms with Gasteiger partial charge in [-0.2, -0.15) is 0 Å². The van der Waals surface area contributed by atoms with Crippen LogP contribution >= 0.6 is 0 Å². The van der Waals surface area contributed by atoms with Gasteiger partial charge in [0.25, 0.3) is 0 Å². The summed E-state index contributed by atoms with van der Waals surface area (Å²) < 4.78 is 21.0. The van der Waals surface area contributed by atoms with Gasteiger partial charge in [-0.3, -0.25) is 4.21 Å². The van der Waals surface area contributed by atoms with Crippen molar-refractivity contribution in [3.05, 3.63) is 0 Å². The van der Waals surface area contributed by atoms with E-state index in [2.05, 4.69) is 0 Å². The van der Waals surface area contributed by atoms with E-state index in [0.29, 0.717) is 5.75 Å². The molecule has 0 N–H and O–H groups in total. The molecule has 0 radical (unpaired) electrons. The molecule has 0 aliphatic rings. The Hall–Kier alpha value is 0.0800. The molecule has 1 atom stereocenters. The van der Waals surface area contributed by atoms with E-state index in [9.17, 15) is 8.60 Å². The third-order valence-corrected chi connectivity index (χ3v) is 1.33. The van der Waals surface area contributed by atoms with E-state index < -0.39 is 16.8 Å². The molecule has 0 aromatic carbocycles. The van der Waals surface area contributed by atoms with E-state index in [1.54, 1.807) is 6.92 Å². The van der Waals surface area contributed by atoms with Gasteiger partial charge < -0.3 is 0 Å². The van der Waals surface area contributed by atoms with Crippen LogP contribution in [-0.4, -0.2) is 16.0 Å². The SMILES string of the molecule is CCS(=O)CF. The van der Waals surface area contributed by atoms with E-state index >= 15 is 0 Å². The van der Waals surface area contributed by atoms with Crippen LogP contribution in [-0.2, 0) is 10.8 Å². The Morgan fingerprint density at radius 2 is 2.33 bits per heavy atom. The highest BCUT2D eigenvalue weighted by Crippen LogP contribution is 1.78. The molecule has 6 heavy (non-hydrogen) atoms. The van der Waals surface area contributed by atoms with E-state index in [4.69, 9.17) is 0 Å². The summed E-state index contributed by atoms with van der Waals surface area (Å²) in [5.74, 6) is 0.427. The molecule has 3 heteroatoms. The van der Waals surface area contributed by atoms with Crippen molar-refractivity contribution in [1.29, 1.82) is 0 Å². The van der Waals surface area contributed by atoms with Gasteiger partial charge in [0, 0.05) is 5.75 Å².